The highest BCUT2D eigenvalue weighted by molar-refractivity contribution is 5.69. The van der Waals surface area contributed by atoms with Crippen molar-refractivity contribution in [3.05, 3.63) is 59.2 Å². The topological polar surface area (TPSA) is 29.3 Å². The van der Waals surface area contributed by atoms with Gasteiger partial charge in [-0.3, -0.25) is 0 Å². The molecule has 0 fully saturated rings. The third-order valence-electron chi connectivity index (χ3n) is 3.37. The number of nitrogens with two attached hydrogens (primary N) is 1. The van der Waals surface area contributed by atoms with E-state index >= 15 is 0 Å². The Morgan fingerprint density at radius 2 is 1.65 bits per heavy atom. The predicted molar refractivity (Wildman–Crippen MR) is 71.9 cm³/mol. The van der Waals surface area contributed by atoms with E-state index in [0.717, 1.165) is 24.5 Å². The summed E-state index contributed by atoms with van der Waals surface area (Å²) in [4.78, 5) is 2.34. The first-order valence-corrected chi connectivity index (χ1v) is 5.92. The van der Waals surface area contributed by atoms with Gasteiger partial charge in [0.15, 0.2) is 0 Å². The maximum Gasteiger partial charge on any atom is 0.0608 e. The Labute approximate surface area is 102 Å². The number of hydrogen-bond acceptors (Lipinski definition) is 2. The lowest BCUT2D eigenvalue weighted by Gasteiger charge is -2.20. The van der Waals surface area contributed by atoms with Crippen molar-refractivity contribution < 1.29 is 0 Å². The van der Waals surface area contributed by atoms with Crippen LogP contribution in [0.25, 0.3) is 0 Å². The molecule has 0 atom stereocenters. The lowest BCUT2D eigenvalue weighted by atomic mass is 10.1. The van der Waals surface area contributed by atoms with Gasteiger partial charge in [-0.2, -0.15) is 0 Å². The van der Waals surface area contributed by atoms with Crippen LogP contribution in [0, 0.1) is 6.92 Å². The molecule has 3 rings (SSSR count). The van der Waals surface area contributed by atoms with E-state index in [-0.39, 0.29) is 0 Å². The van der Waals surface area contributed by atoms with E-state index in [4.69, 9.17) is 5.73 Å². The van der Waals surface area contributed by atoms with Gasteiger partial charge in [-0.1, -0.05) is 30.3 Å². The third-order valence-corrected chi connectivity index (χ3v) is 3.37. The summed E-state index contributed by atoms with van der Waals surface area (Å²) in [5.74, 6) is 0. The first-order chi connectivity index (χ1) is 8.24. The van der Waals surface area contributed by atoms with E-state index in [1.807, 2.05) is 6.07 Å². The molecule has 86 valence electrons. The summed E-state index contributed by atoms with van der Waals surface area (Å²) in [5, 5.41) is 0. The molecule has 17 heavy (non-hydrogen) atoms. The lowest BCUT2D eigenvalue weighted by molar-refractivity contribution is 0.881. The fraction of sp³-hybridized carbons (Fsp3) is 0.200. The van der Waals surface area contributed by atoms with Crippen molar-refractivity contribution in [1.82, 2.24) is 0 Å². The SMILES string of the molecule is Cc1ccc(N)c(N2Cc3ccccc3C2)c1. The van der Waals surface area contributed by atoms with Crippen LogP contribution in [0.4, 0.5) is 11.4 Å². The molecule has 0 saturated heterocycles. The molecule has 1 aliphatic heterocycles. The van der Waals surface area contributed by atoms with Crippen molar-refractivity contribution in [2.75, 3.05) is 10.6 Å². The molecule has 0 saturated carbocycles. The van der Waals surface area contributed by atoms with Gasteiger partial charge in [0.1, 0.15) is 0 Å². The molecule has 2 nitrogen and oxygen atoms in total. The molecule has 2 N–H and O–H groups in total. The summed E-state index contributed by atoms with van der Waals surface area (Å²) in [6.07, 6.45) is 0. The number of nitrogens with zero attached hydrogens (tertiary/aromatic N) is 1. The average Bonchev–Trinajstić information content (AvgIpc) is 2.75. The predicted octanol–water partition coefficient (Wildman–Crippen LogP) is 3.10. The average molecular weight is 224 g/mol. The van der Waals surface area contributed by atoms with E-state index in [2.05, 4.69) is 48.2 Å². The molecule has 0 amide bonds. The molecular weight excluding hydrogens is 208 g/mol. The first-order valence-electron chi connectivity index (χ1n) is 5.92. The van der Waals surface area contributed by atoms with E-state index in [9.17, 15) is 0 Å². The van der Waals surface area contributed by atoms with Crippen molar-refractivity contribution in [2.24, 2.45) is 0 Å². The van der Waals surface area contributed by atoms with Crippen LogP contribution < -0.4 is 10.6 Å². The highest BCUT2D eigenvalue weighted by atomic mass is 15.2. The molecule has 2 aromatic rings. The number of rotatable bonds is 1. The molecule has 1 aliphatic rings. The number of anilines is 2. The monoisotopic (exact) mass is 224 g/mol. The second-order valence-corrected chi connectivity index (χ2v) is 4.69. The number of hydrogen-bond donors (Lipinski definition) is 1. The molecule has 0 unspecified atom stereocenters. The molecule has 0 bridgehead atoms. The van der Waals surface area contributed by atoms with Gasteiger partial charge in [0.25, 0.3) is 0 Å². The highest BCUT2D eigenvalue weighted by Gasteiger charge is 2.19. The fourth-order valence-electron chi connectivity index (χ4n) is 2.43. The van der Waals surface area contributed by atoms with Gasteiger partial charge < -0.3 is 10.6 Å². The Morgan fingerprint density at radius 1 is 1.00 bits per heavy atom. The molecule has 0 aliphatic carbocycles. The van der Waals surface area contributed by atoms with Gasteiger partial charge in [0, 0.05) is 13.1 Å². The highest BCUT2D eigenvalue weighted by Crippen LogP contribution is 2.32. The maximum atomic E-state index is 6.06. The summed E-state index contributed by atoms with van der Waals surface area (Å²) < 4.78 is 0. The number of fused-ring (bicyclic) bond motifs is 1. The summed E-state index contributed by atoms with van der Waals surface area (Å²) in [5.41, 5.74) is 12.2. The standard InChI is InChI=1S/C15H16N2/c1-11-6-7-14(16)15(8-11)17-9-12-4-2-3-5-13(12)10-17/h2-8H,9-10,16H2,1H3. The minimum absolute atomic E-state index is 0.864. The Morgan fingerprint density at radius 3 is 2.29 bits per heavy atom. The summed E-state index contributed by atoms with van der Waals surface area (Å²) in [6.45, 7) is 4.03. The van der Waals surface area contributed by atoms with Crippen LogP contribution in [0.2, 0.25) is 0 Å². The van der Waals surface area contributed by atoms with Gasteiger partial charge in [0.2, 0.25) is 0 Å². The summed E-state index contributed by atoms with van der Waals surface area (Å²) >= 11 is 0. The Kier molecular flexibility index (Phi) is 2.29. The Balaban J connectivity index is 1.96. The quantitative estimate of drug-likeness (QED) is 0.754. The Hall–Kier alpha value is -1.96. The maximum absolute atomic E-state index is 6.06. The van der Waals surface area contributed by atoms with Gasteiger partial charge in [-0.15, -0.1) is 0 Å². The fourth-order valence-corrected chi connectivity index (χ4v) is 2.43. The van der Waals surface area contributed by atoms with Gasteiger partial charge >= 0.3 is 0 Å². The van der Waals surface area contributed by atoms with Crippen LogP contribution in [-0.4, -0.2) is 0 Å². The molecule has 2 aromatic carbocycles. The second kappa shape index (κ2) is 3.81. The minimum Gasteiger partial charge on any atom is -0.397 e. The number of aryl methyl sites for hydroxylation is 1. The van der Waals surface area contributed by atoms with Crippen LogP contribution >= 0.6 is 0 Å². The van der Waals surface area contributed by atoms with Crippen molar-refractivity contribution in [3.8, 4) is 0 Å². The van der Waals surface area contributed by atoms with Crippen LogP contribution in [0.5, 0.6) is 0 Å². The van der Waals surface area contributed by atoms with Crippen molar-refractivity contribution in [2.45, 2.75) is 20.0 Å². The largest absolute Gasteiger partial charge is 0.397 e. The Bertz CT molecular complexity index is 536. The van der Waals surface area contributed by atoms with Gasteiger partial charge in [-0.25, -0.2) is 0 Å². The lowest BCUT2D eigenvalue weighted by Crippen LogP contribution is -2.16. The summed E-state index contributed by atoms with van der Waals surface area (Å²) in [6, 6.07) is 14.8. The molecular formula is C15H16N2. The van der Waals surface area contributed by atoms with E-state index < -0.39 is 0 Å². The zero-order valence-corrected chi connectivity index (χ0v) is 9.98. The normalized spacial score (nSPS) is 13.8. The zero-order chi connectivity index (χ0) is 11.8. The van der Waals surface area contributed by atoms with Crippen LogP contribution in [-0.2, 0) is 13.1 Å². The van der Waals surface area contributed by atoms with E-state index in [1.165, 1.54) is 16.7 Å². The van der Waals surface area contributed by atoms with Crippen LogP contribution in [0.15, 0.2) is 42.5 Å². The van der Waals surface area contributed by atoms with Gasteiger partial charge in [0.05, 0.1) is 11.4 Å². The minimum atomic E-state index is 0.864. The van der Waals surface area contributed by atoms with E-state index in [1.54, 1.807) is 0 Å². The smallest absolute Gasteiger partial charge is 0.0608 e. The summed E-state index contributed by atoms with van der Waals surface area (Å²) in [7, 11) is 0. The second-order valence-electron chi connectivity index (χ2n) is 4.69. The van der Waals surface area contributed by atoms with Crippen molar-refractivity contribution in [1.29, 1.82) is 0 Å². The zero-order valence-electron chi connectivity index (χ0n) is 9.98. The molecule has 0 radical (unpaired) electrons. The third kappa shape index (κ3) is 1.76. The van der Waals surface area contributed by atoms with Crippen LogP contribution in [0.3, 0.4) is 0 Å². The molecule has 0 aromatic heterocycles. The number of benzene rings is 2. The van der Waals surface area contributed by atoms with Crippen molar-refractivity contribution >= 4 is 11.4 Å². The van der Waals surface area contributed by atoms with Crippen LogP contribution in [0.1, 0.15) is 16.7 Å². The van der Waals surface area contributed by atoms with E-state index in [0.29, 0.717) is 0 Å². The van der Waals surface area contributed by atoms with Crippen molar-refractivity contribution in [3.63, 3.8) is 0 Å². The number of nitrogen functional groups attached to an aromatic ring is 1. The molecule has 0 spiro atoms. The molecule has 2 heteroatoms. The first kappa shape index (κ1) is 10.2. The van der Waals surface area contributed by atoms with Gasteiger partial charge in [-0.05, 0) is 35.7 Å². The molecule has 1 heterocycles.